The van der Waals surface area contributed by atoms with Crippen LogP contribution in [0.1, 0.15) is 47.3 Å². The number of carbonyl (C=O) groups excluding carboxylic acids is 2. The number of aliphatic imine (C=N–C) groups is 1. The van der Waals surface area contributed by atoms with Crippen LogP contribution >= 0.6 is 11.8 Å². The van der Waals surface area contributed by atoms with Crippen molar-refractivity contribution in [3.05, 3.63) is 70.5 Å². The molecule has 0 fully saturated rings. The first-order valence-corrected chi connectivity index (χ1v) is 10.4. The molecule has 1 heterocycles. The molecule has 2 aromatic rings. The van der Waals surface area contributed by atoms with Crippen molar-refractivity contribution in [1.82, 2.24) is 5.32 Å². The number of nitrogens with two attached hydrogens (primary N) is 1. The van der Waals surface area contributed by atoms with Crippen molar-refractivity contribution in [2.24, 2.45) is 10.7 Å². The van der Waals surface area contributed by atoms with E-state index < -0.39 is 5.54 Å². The SMILES string of the molecule is CC(=O)NC(=N)c1ccc(C(=O)Cc2ccc(F)c([C@]3(C)CCSC(N)=N3)c2)cc1. The molecule has 1 aliphatic rings. The quantitative estimate of drug-likeness (QED) is 0.387. The van der Waals surface area contributed by atoms with Crippen LogP contribution in [0.2, 0.25) is 0 Å². The van der Waals surface area contributed by atoms with Crippen LogP contribution in [0.4, 0.5) is 4.39 Å². The average Bonchev–Trinajstić information content (AvgIpc) is 2.68. The van der Waals surface area contributed by atoms with Gasteiger partial charge in [-0.3, -0.25) is 20.0 Å². The zero-order valence-corrected chi connectivity index (χ0v) is 17.6. The number of halogens is 1. The highest BCUT2D eigenvalue weighted by Crippen LogP contribution is 2.36. The molecule has 4 N–H and O–H groups in total. The van der Waals surface area contributed by atoms with Gasteiger partial charge in [0.1, 0.15) is 11.7 Å². The summed E-state index contributed by atoms with van der Waals surface area (Å²) in [6.07, 6.45) is 0.772. The van der Waals surface area contributed by atoms with Crippen molar-refractivity contribution >= 4 is 34.5 Å². The summed E-state index contributed by atoms with van der Waals surface area (Å²) in [6.45, 7) is 3.18. The van der Waals surface area contributed by atoms with E-state index in [0.717, 1.165) is 5.75 Å². The molecule has 1 aliphatic heterocycles. The standard InChI is InChI=1S/C22H23FN4O2S/c1-13(28)26-20(24)16-6-4-15(5-7-16)19(29)12-14-3-8-18(23)17(11-14)22(2)9-10-30-21(25)27-22/h3-8,11H,9-10,12H2,1-2H3,(H2,25,27)(H2,24,26,28)/t22-/m0/s1. The summed E-state index contributed by atoms with van der Waals surface area (Å²) in [5, 5.41) is 10.7. The lowest BCUT2D eigenvalue weighted by Gasteiger charge is -2.30. The maximum atomic E-state index is 14.5. The van der Waals surface area contributed by atoms with Gasteiger partial charge >= 0.3 is 0 Å². The van der Waals surface area contributed by atoms with Gasteiger partial charge in [0.25, 0.3) is 0 Å². The number of nitrogens with one attached hydrogen (secondary N) is 2. The second-order valence-electron chi connectivity index (χ2n) is 7.37. The summed E-state index contributed by atoms with van der Waals surface area (Å²) in [5.41, 5.74) is 7.22. The van der Waals surface area contributed by atoms with Crippen LogP contribution in [-0.2, 0) is 16.8 Å². The number of thioether (sulfide) groups is 1. The van der Waals surface area contributed by atoms with E-state index in [1.54, 1.807) is 36.4 Å². The van der Waals surface area contributed by atoms with Crippen molar-refractivity contribution in [3.63, 3.8) is 0 Å². The van der Waals surface area contributed by atoms with E-state index in [1.807, 2.05) is 6.92 Å². The number of benzene rings is 2. The lowest BCUT2D eigenvalue weighted by molar-refractivity contribution is -0.117. The zero-order chi connectivity index (χ0) is 21.9. The molecule has 156 valence electrons. The molecule has 1 atom stereocenters. The Balaban J connectivity index is 1.78. The fraction of sp³-hybridized carbons (Fsp3) is 0.273. The van der Waals surface area contributed by atoms with Crippen LogP contribution in [0.3, 0.4) is 0 Å². The summed E-state index contributed by atoms with van der Waals surface area (Å²) >= 11 is 1.45. The van der Waals surface area contributed by atoms with Gasteiger partial charge in [0.15, 0.2) is 11.0 Å². The summed E-state index contributed by atoms with van der Waals surface area (Å²) in [7, 11) is 0. The molecule has 30 heavy (non-hydrogen) atoms. The van der Waals surface area contributed by atoms with Gasteiger partial charge in [0.05, 0.1) is 5.54 Å². The van der Waals surface area contributed by atoms with Gasteiger partial charge in [-0.05, 0) is 31.0 Å². The Kier molecular flexibility index (Phi) is 6.36. The van der Waals surface area contributed by atoms with Crippen molar-refractivity contribution in [3.8, 4) is 0 Å². The van der Waals surface area contributed by atoms with Crippen LogP contribution in [0.15, 0.2) is 47.5 Å². The third kappa shape index (κ3) is 4.94. The minimum Gasteiger partial charge on any atom is -0.379 e. The molecular formula is C22H23FN4O2S. The highest BCUT2D eigenvalue weighted by atomic mass is 32.2. The summed E-state index contributed by atoms with van der Waals surface area (Å²) in [6, 6.07) is 11.1. The van der Waals surface area contributed by atoms with Gasteiger partial charge in [-0.2, -0.15) is 0 Å². The molecule has 0 radical (unpaired) electrons. The number of hydrogen-bond acceptors (Lipinski definition) is 6. The van der Waals surface area contributed by atoms with Crippen LogP contribution in [-0.4, -0.2) is 28.4 Å². The van der Waals surface area contributed by atoms with Gasteiger partial charge in [-0.1, -0.05) is 42.1 Å². The number of nitrogens with zero attached hydrogens (tertiary/aromatic N) is 1. The number of amides is 1. The van der Waals surface area contributed by atoms with Crippen LogP contribution in [0.5, 0.6) is 0 Å². The Morgan fingerprint density at radius 3 is 2.53 bits per heavy atom. The number of ketones is 1. The minimum absolute atomic E-state index is 0.0246. The van der Waals surface area contributed by atoms with Gasteiger partial charge in [0, 0.05) is 35.8 Å². The van der Waals surface area contributed by atoms with Gasteiger partial charge < -0.3 is 11.1 Å². The third-order valence-electron chi connectivity index (χ3n) is 4.97. The molecule has 0 saturated heterocycles. The van der Waals surface area contributed by atoms with E-state index in [0.29, 0.717) is 33.8 Å². The number of rotatable bonds is 5. The van der Waals surface area contributed by atoms with E-state index >= 15 is 0 Å². The van der Waals surface area contributed by atoms with E-state index in [2.05, 4.69) is 10.3 Å². The van der Waals surface area contributed by atoms with Crippen LogP contribution < -0.4 is 11.1 Å². The first kappa shape index (κ1) is 21.7. The fourth-order valence-electron chi connectivity index (χ4n) is 3.33. The van der Waals surface area contributed by atoms with Crippen molar-refractivity contribution in [2.75, 3.05) is 5.75 Å². The molecule has 0 unspecified atom stereocenters. The normalized spacial score (nSPS) is 18.4. The third-order valence-corrected chi connectivity index (χ3v) is 5.76. The molecule has 2 aromatic carbocycles. The molecule has 1 amide bonds. The van der Waals surface area contributed by atoms with Crippen LogP contribution in [0.25, 0.3) is 0 Å². The molecule has 6 nitrogen and oxygen atoms in total. The maximum absolute atomic E-state index is 14.5. The molecule has 0 bridgehead atoms. The lowest BCUT2D eigenvalue weighted by Crippen LogP contribution is -2.29. The monoisotopic (exact) mass is 426 g/mol. The molecule has 0 aliphatic carbocycles. The summed E-state index contributed by atoms with van der Waals surface area (Å²) in [5.74, 6) is -0.0867. The van der Waals surface area contributed by atoms with E-state index in [4.69, 9.17) is 11.1 Å². The number of Topliss-reactive ketones (excluding diaryl/α,β-unsaturated/α-hetero) is 1. The predicted molar refractivity (Wildman–Crippen MR) is 118 cm³/mol. The zero-order valence-electron chi connectivity index (χ0n) is 16.8. The minimum atomic E-state index is -0.746. The summed E-state index contributed by atoms with van der Waals surface area (Å²) in [4.78, 5) is 28.2. The van der Waals surface area contributed by atoms with Crippen molar-refractivity contribution in [1.29, 1.82) is 5.41 Å². The van der Waals surface area contributed by atoms with Gasteiger partial charge in [0.2, 0.25) is 5.91 Å². The van der Waals surface area contributed by atoms with Crippen molar-refractivity contribution in [2.45, 2.75) is 32.2 Å². The Hall–Kier alpha value is -3.00. The largest absolute Gasteiger partial charge is 0.379 e. The molecule has 8 heteroatoms. The van der Waals surface area contributed by atoms with E-state index in [-0.39, 0.29) is 29.8 Å². The maximum Gasteiger partial charge on any atom is 0.222 e. The summed E-state index contributed by atoms with van der Waals surface area (Å²) < 4.78 is 14.5. The second kappa shape index (κ2) is 8.79. The van der Waals surface area contributed by atoms with E-state index in [9.17, 15) is 14.0 Å². The topological polar surface area (TPSA) is 108 Å². The highest BCUT2D eigenvalue weighted by Gasteiger charge is 2.32. The first-order chi connectivity index (χ1) is 14.2. The second-order valence-corrected chi connectivity index (χ2v) is 8.49. The smallest absolute Gasteiger partial charge is 0.222 e. The lowest BCUT2D eigenvalue weighted by atomic mass is 9.87. The Morgan fingerprint density at radius 1 is 1.23 bits per heavy atom. The average molecular weight is 427 g/mol. The number of hydrogen-bond donors (Lipinski definition) is 3. The number of carbonyl (C=O) groups is 2. The first-order valence-electron chi connectivity index (χ1n) is 9.45. The number of amidine groups is 2. The Morgan fingerprint density at radius 2 is 1.90 bits per heavy atom. The molecule has 0 aromatic heterocycles. The van der Waals surface area contributed by atoms with E-state index in [1.165, 1.54) is 24.8 Å². The fourth-order valence-corrected chi connectivity index (χ4v) is 4.31. The molecule has 0 spiro atoms. The predicted octanol–water partition coefficient (Wildman–Crippen LogP) is 3.38. The van der Waals surface area contributed by atoms with Gasteiger partial charge in [-0.15, -0.1) is 0 Å². The molecule has 0 saturated carbocycles. The Labute approximate surface area is 178 Å². The van der Waals surface area contributed by atoms with Gasteiger partial charge in [-0.25, -0.2) is 4.39 Å². The highest BCUT2D eigenvalue weighted by molar-refractivity contribution is 8.13. The Bertz CT molecular complexity index is 1040. The van der Waals surface area contributed by atoms with Crippen molar-refractivity contribution < 1.29 is 14.0 Å². The molecule has 3 rings (SSSR count). The van der Waals surface area contributed by atoms with Crippen LogP contribution in [0, 0.1) is 11.2 Å². The molecular weight excluding hydrogens is 403 g/mol.